The van der Waals surface area contributed by atoms with Crippen LogP contribution < -0.4 is 4.74 Å². The number of halogens is 2. The first-order chi connectivity index (χ1) is 7.88. The third-order valence-corrected chi connectivity index (χ3v) is 1.83. The van der Waals surface area contributed by atoms with Crippen LogP contribution in [0.5, 0.6) is 5.88 Å². The second kappa shape index (κ2) is 4.68. The monoisotopic (exact) mass is 248 g/mol. The Hall–Kier alpha value is -2.32. The summed E-state index contributed by atoms with van der Waals surface area (Å²) in [5, 5.41) is 19.3. The molecule has 0 aliphatic rings. The minimum absolute atomic E-state index is 0.428. The normalized spacial score (nSPS) is 10.4. The Bertz CT molecular complexity index is 477. The molecule has 1 aromatic rings. The first kappa shape index (κ1) is 12.7. The maximum absolute atomic E-state index is 12.5. The number of aromatic nitrogens is 1. The van der Waals surface area contributed by atoms with Crippen LogP contribution in [0.1, 0.15) is 22.5 Å². The molecule has 0 saturated carbocycles. The zero-order valence-corrected chi connectivity index (χ0v) is 8.39. The molecule has 1 rings (SSSR count). The van der Waals surface area contributed by atoms with Crippen LogP contribution in [-0.4, -0.2) is 28.1 Å². The van der Waals surface area contributed by atoms with Crippen molar-refractivity contribution in [3.63, 3.8) is 0 Å². The average molecular weight is 248 g/mol. The van der Waals surface area contributed by atoms with E-state index in [9.17, 15) is 23.7 Å². The molecule has 17 heavy (non-hydrogen) atoms. The number of nitro groups is 1. The predicted molar refractivity (Wildman–Crippen MR) is 49.4 cm³/mol. The molecule has 0 amide bonds. The second-order valence-electron chi connectivity index (χ2n) is 2.81. The number of alkyl halides is 2. The Balaban J connectivity index is 3.61. The van der Waals surface area contributed by atoms with Gasteiger partial charge in [0.2, 0.25) is 5.88 Å². The minimum Gasteiger partial charge on any atom is -0.481 e. The molecule has 0 aliphatic carbocycles. The van der Waals surface area contributed by atoms with Crippen molar-refractivity contribution in [2.75, 3.05) is 7.11 Å². The van der Waals surface area contributed by atoms with Gasteiger partial charge in [-0.3, -0.25) is 10.1 Å². The van der Waals surface area contributed by atoms with Crippen LogP contribution in [0.2, 0.25) is 0 Å². The highest BCUT2D eigenvalue weighted by Gasteiger charge is 2.32. The van der Waals surface area contributed by atoms with Crippen LogP contribution in [0.15, 0.2) is 6.07 Å². The molecule has 0 atom stereocenters. The molecule has 1 heterocycles. The lowest BCUT2D eigenvalue weighted by Gasteiger charge is -2.06. The van der Waals surface area contributed by atoms with Gasteiger partial charge in [-0.05, 0) is 0 Å². The van der Waals surface area contributed by atoms with Gasteiger partial charge in [-0.2, -0.15) is 0 Å². The molecule has 0 bridgehead atoms. The number of rotatable bonds is 4. The minimum atomic E-state index is -3.27. The Morgan fingerprint density at radius 3 is 2.59 bits per heavy atom. The van der Waals surface area contributed by atoms with Crippen molar-refractivity contribution in [3.8, 4) is 5.88 Å². The fourth-order valence-corrected chi connectivity index (χ4v) is 1.15. The van der Waals surface area contributed by atoms with E-state index in [0.717, 1.165) is 7.11 Å². The molecular weight excluding hydrogens is 242 g/mol. The summed E-state index contributed by atoms with van der Waals surface area (Å²) in [6.07, 6.45) is -3.27. The highest BCUT2D eigenvalue weighted by atomic mass is 19.3. The summed E-state index contributed by atoms with van der Waals surface area (Å²) in [6, 6.07) is 0.715. The molecule has 0 saturated heterocycles. The largest absolute Gasteiger partial charge is 0.481 e. The fraction of sp³-hybridized carbons (Fsp3) is 0.250. The number of pyridine rings is 1. The third kappa shape index (κ3) is 2.44. The molecule has 0 fully saturated rings. The maximum Gasteiger partial charge on any atom is 0.343 e. The van der Waals surface area contributed by atoms with Crippen molar-refractivity contribution in [3.05, 3.63) is 27.4 Å². The van der Waals surface area contributed by atoms with Crippen LogP contribution in [0.4, 0.5) is 14.5 Å². The molecule has 9 heteroatoms. The molecule has 92 valence electrons. The lowest BCUT2D eigenvalue weighted by Crippen LogP contribution is -2.09. The molecule has 0 aromatic carbocycles. The van der Waals surface area contributed by atoms with Gasteiger partial charge in [0.15, 0.2) is 5.69 Å². The number of aromatic carboxylic acids is 1. The summed E-state index contributed by atoms with van der Waals surface area (Å²) in [5.41, 5.74) is -3.35. The molecule has 0 unspecified atom stereocenters. The summed E-state index contributed by atoms with van der Waals surface area (Å²) in [4.78, 5) is 23.3. The van der Waals surface area contributed by atoms with Crippen molar-refractivity contribution in [1.29, 1.82) is 0 Å². The highest BCUT2D eigenvalue weighted by molar-refractivity contribution is 5.93. The van der Waals surface area contributed by atoms with E-state index in [2.05, 4.69) is 9.72 Å². The quantitative estimate of drug-likeness (QED) is 0.641. The molecule has 0 radical (unpaired) electrons. The molecule has 0 aliphatic heterocycles. The molecular formula is C8H6F2N2O5. The zero-order valence-electron chi connectivity index (χ0n) is 8.39. The van der Waals surface area contributed by atoms with Gasteiger partial charge < -0.3 is 9.84 Å². The Morgan fingerprint density at radius 2 is 2.24 bits per heavy atom. The van der Waals surface area contributed by atoms with E-state index in [1.54, 1.807) is 0 Å². The van der Waals surface area contributed by atoms with E-state index in [-0.39, 0.29) is 0 Å². The topological polar surface area (TPSA) is 103 Å². The van der Waals surface area contributed by atoms with E-state index < -0.39 is 40.1 Å². The van der Waals surface area contributed by atoms with E-state index in [4.69, 9.17) is 5.11 Å². The molecule has 0 spiro atoms. The molecule has 1 N–H and O–H groups in total. The lowest BCUT2D eigenvalue weighted by atomic mass is 10.1. The summed E-state index contributed by atoms with van der Waals surface area (Å²) in [7, 11) is 1.08. The second-order valence-corrected chi connectivity index (χ2v) is 2.81. The standard InChI is InChI=1S/C8H6F2N2O5/c1-17-4-2-3(8(13)14)6(12(15)16)5(11-4)7(9)10/h2,7H,1H3,(H,13,14). The molecule has 7 nitrogen and oxygen atoms in total. The number of hydrogen-bond acceptors (Lipinski definition) is 5. The van der Waals surface area contributed by atoms with Crippen LogP contribution >= 0.6 is 0 Å². The summed E-state index contributed by atoms with van der Waals surface area (Å²) in [5.74, 6) is -2.14. The van der Waals surface area contributed by atoms with Crippen LogP contribution in [0.25, 0.3) is 0 Å². The van der Waals surface area contributed by atoms with E-state index >= 15 is 0 Å². The number of carbonyl (C=O) groups is 1. The van der Waals surface area contributed by atoms with Gasteiger partial charge in [0, 0.05) is 6.07 Å². The number of nitrogens with zero attached hydrogens (tertiary/aromatic N) is 2. The predicted octanol–water partition coefficient (Wildman–Crippen LogP) is 1.63. The van der Waals surface area contributed by atoms with E-state index in [1.165, 1.54) is 0 Å². The van der Waals surface area contributed by atoms with Crippen molar-refractivity contribution >= 4 is 11.7 Å². The van der Waals surface area contributed by atoms with Gasteiger partial charge in [0.25, 0.3) is 6.43 Å². The van der Waals surface area contributed by atoms with Crippen LogP contribution in [0, 0.1) is 10.1 Å². The Morgan fingerprint density at radius 1 is 1.65 bits per heavy atom. The number of hydrogen-bond donors (Lipinski definition) is 1. The van der Waals surface area contributed by atoms with Gasteiger partial charge in [-0.1, -0.05) is 0 Å². The number of methoxy groups -OCH3 is 1. The van der Waals surface area contributed by atoms with Crippen LogP contribution in [-0.2, 0) is 0 Å². The number of carboxylic acids is 1. The highest BCUT2D eigenvalue weighted by Crippen LogP contribution is 2.32. The number of carboxylic acid groups (broad SMARTS) is 1. The smallest absolute Gasteiger partial charge is 0.343 e. The first-order valence-electron chi connectivity index (χ1n) is 4.13. The van der Waals surface area contributed by atoms with Crippen LogP contribution in [0.3, 0.4) is 0 Å². The van der Waals surface area contributed by atoms with Gasteiger partial charge >= 0.3 is 11.7 Å². The molecule has 1 aromatic heterocycles. The van der Waals surface area contributed by atoms with E-state index in [1.807, 2.05) is 0 Å². The fourth-order valence-electron chi connectivity index (χ4n) is 1.15. The van der Waals surface area contributed by atoms with Crippen molar-refractivity contribution in [2.45, 2.75) is 6.43 Å². The lowest BCUT2D eigenvalue weighted by molar-refractivity contribution is -0.387. The Kier molecular flexibility index (Phi) is 3.51. The van der Waals surface area contributed by atoms with Crippen molar-refractivity contribution in [2.24, 2.45) is 0 Å². The summed E-state index contributed by atoms with van der Waals surface area (Å²) >= 11 is 0. The average Bonchev–Trinajstić information content (AvgIpc) is 2.26. The van der Waals surface area contributed by atoms with E-state index in [0.29, 0.717) is 6.07 Å². The maximum atomic E-state index is 12.5. The van der Waals surface area contributed by atoms with Gasteiger partial charge in [0.05, 0.1) is 12.0 Å². The third-order valence-electron chi connectivity index (χ3n) is 1.83. The first-order valence-corrected chi connectivity index (χ1v) is 4.13. The number of ether oxygens (including phenoxy) is 1. The zero-order chi connectivity index (χ0) is 13.2. The SMILES string of the molecule is COc1cc(C(=O)O)c([N+](=O)[O-])c(C(F)F)n1. The summed E-state index contributed by atoms with van der Waals surface area (Å²) < 4.78 is 29.6. The van der Waals surface area contributed by atoms with Gasteiger partial charge in [-0.25, -0.2) is 18.6 Å². The van der Waals surface area contributed by atoms with Crippen molar-refractivity contribution < 1.29 is 28.3 Å². The van der Waals surface area contributed by atoms with Gasteiger partial charge in [-0.15, -0.1) is 0 Å². The summed E-state index contributed by atoms with van der Waals surface area (Å²) in [6.45, 7) is 0. The Labute approximate surface area is 92.8 Å². The van der Waals surface area contributed by atoms with Crippen molar-refractivity contribution in [1.82, 2.24) is 4.98 Å². The van der Waals surface area contributed by atoms with Gasteiger partial charge in [0.1, 0.15) is 5.56 Å².